The van der Waals surface area contributed by atoms with Crippen molar-refractivity contribution in [1.29, 1.82) is 43.3 Å². The van der Waals surface area contributed by atoms with Gasteiger partial charge < -0.3 is 162 Å². The number of carbonyl (C=O) groups excluding carboxylic acids is 13. The summed E-state index contributed by atoms with van der Waals surface area (Å²) in [7, 11) is 0. The summed E-state index contributed by atoms with van der Waals surface area (Å²) in [6.07, 6.45) is 0.371. The summed E-state index contributed by atoms with van der Waals surface area (Å²) < 4.78 is 5.29. The Kier molecular flexibility index (Phi) is 52.5. The molecule has 0 aliphatic carbocycles. The van der Waals surface area contributed by atoms with Gasteiger partial charge in [-0.2, -0.15) is 0 Å². The minimum absolute atomic E-state index is 0.00148. The summed E-state index contributed by atoms with van der Waals surface area (Å²) in [6, 6.07) is -10.9. The van der Waals surface area contributed by atoms with Crippen molar-refractivity contribution in [2.75, 3.05) is 98.3 Å². The summed E-state index contributed by atoms with van der Waals surface area (Å²) in [5, 5.41) is 113. The molecule has 51 heteroatoms. The first-order valence-electron chi connectivity index (χ1n) is 36.4. The molecular weight excluding hydrogens is 1490 g/mol. The van der Waals surface area contributed by atoms with E-state index in [2.05, 4.69) is 112 Å². The van der Waals surface area contributed by atoms with Crippen LogP contribution in [0, 0.1) is 43.3 Å². The lowest BCUT2D eigenvalue weighted by Gasteiger charge is -2.26. The van der Waals surface area contributed by atoms with Gasteiger partial charge in [-0.05, 0) is 110 Å². The standard InChI is InChI=1S/C62H121N37O14/c1-3-113-29-28-79-47(105)35(12-4-20-80-55(63)64)95-51(109)39(16-8-24-84-59(71)72)93-45(103)32-88-43(101)30-91-49(107)37(14-6-22-82-57(67)68)97-54(112)42(19-11-27-87-62(77)78)99-52(110)40(17-9-25-85-60(73)74)94-46(104)33-89-44(102)31-90-48(106)36(13-5-21-81-56(65)66)96-53(111)41(18-10-26-86-61(75)76)98-50(108)38(92-34(2)100)15-7-23-83-58(69)70/h35-42H,3-33H2,1-2H3,(H,79,105)(H,88,101)(H,89,102)(H,90,106)(H,91,107)(H,92,100)(H,93,103)(H,94,104)(H,95,109)(H,96,111)(H,97,112)(H,98,108)(H,99,110)(H4,63,64,80)(H4,65,66,81)(H4,67,68,82)(H4,69,70,83)(H4,71,72,84)(H4,73,74,85)(H4,75,76,86)(H4,77,78,87)/t35?,36-,37?,38-,39-,40?,41?,42-/m1/s1. The molecule has 0 aromatic carbocycles. The zero-order chi connectivity index (χ0) is 85.2. The molecule has 0 heterocycles. The molecule has 638 valence electrons. The normalized spacial score (nSPS) is 12.6. The van der Waals surface area contributed by atoms with Gasteiger partial charge in [-0.15, -0.1) is 0 Å². The van der Waals surface area contributed by atoms with Gasteiger partial charge in [0, 0.05) is 72.4 Å². The SMILES string of the molecule is CCOCCNC(=O)C(CCCNC(=N)N)NC(=O)[C@@H](CCCNC(=N)N)NC(=O)CNC(=O)CNC(=O)C(CCCNC(=N)N)NC(=O)[C@@H](CCCNC(=N)N)NC(=O)C(CCCNC(=N)N)NC(=O)CNC(=O)CNC(=O)[C@@H](CCCNC(=N)N)NC(=O)C(CCCNC(=N)N)NC(=O)[C@@H](CCCNC(=N)N)NC(C)=O. The Balaban J connectivity index is 6.73. The molecule has 0 aliphatic rings. The van der Waals surface area contributed by atoms with Crippen molar-refractivity contribution < 1.29 is 67.1 Å². The molecule has 0 spiro atoms. The summed E-state index contributed by atoms with van der Waals surface area (Å²) >= 11 is 0. The van der Waals surface area contributed by atoms with Crippen molar-refractivity contribution in [3.8, 4) is 0 Å². The zero-order valence-corrected chi connectivity index (χ0v) is 63.9. The van der Waals surface area contributed by atoms with E-state index < -0.39 is 175 Å². The van der Waals surface area contributed by atoms with Crippen LogP contribution >= 0.6 is 0 Å². The lowest BCUT2D eigenvalue weighted by Crippen LogP contribution is -2.58. The highest BCUT2D eigenvalue weighted by Gasteiger charge is 2.33. The van der Waals surface area contributed by atoms with Crippen LogP contribution in [0.5, 0.6) is 0 Å². The average molecular weight is 1610 g/mol. The van der Waals surface area contributed by atoms with E-state index in [1.807, 2.05) is 0 Å². The highest BCUT2D eigenvalue weighted by Crippen LogP contribution is 2.09. The summed E-state index contributed by atoms with van der Waals surface area (Å²) in [4.78, 5) is 177. The number of amides is 13. The first-order chi connectivity index (χ1) is 53.4. The topological polar surface area (TPSA) is 883 Å². The second kappa shape index (κ2) is 59.1. The molecule has 51 nitrogen and oxygen atoms in total. The van der Waals surface area contributed by atoms with Crippen molar-refractivity contribution in [2.45, 2.75) is 165 Å². The Morgan fingerprint density at radius 1 is 0.248 bits per heavy atom. The maximum absolute atomic E-state index is 14.4. The quantitative estimate of drug-likeness (QED) is 0.0153. The second-order valence-electron chi connectivity index (χ2n) is 25.1. The zero-order valence-electron chi connectivity index (χ0n) is 63.9. The van der Waals surface area contributed by atoms with Crippen molar-refractivity contribution in [2.24, 2.45) is 45.9 Å². The maximum atomic E-state index is 14.4. The number of nitrogens with one attached hydrogen (secondary N) is 29. The first-order valence-corrected chi connectivity index (χ1v) is 36.4. The molecular formula is C62H121N37O14. The lowest BCUT2D eigenvalue weighted by atomic mass is 10.1. The van der Waals surface area contributed by atoms with Crippen molar-refractivity contribution in [3.63, 3.8) is 0 Å². The Bertz CT molecular complexity index is 3180. The third kappa shape index (κ3) is 52.8. The maximum Gasteiger partial charge on any atom is 0.243 e. The molecule has 0 aromatic rings. The number of hydrogen-bond donors (Lipinski definition) is 37. The van der Waals surface area contributed by atoms with Crippen LogP contribution in [0.25, 0.3) is 0 Å². The van der Waals surface area contributed by atoms with Gasteiger partial charge in [-0.1, -0.05) is 0 Å². The summed E-state index contributed by atoms with van der Waals surface area (Å²) in [5.41, 5.74) is 43.4. The predicted molar refractivity (Wildman–Crippen MR) is 416 cm³/mol. The van der Waals surface area contributed by atoms with Gasteiger partial charge in [-0.25, -0.2) is 0 Å². The highest BCUT2D eigenvalue weighted by atomic mass is 16.5. The molecule has 0 rings (SSSR count). The molecule has 45 N–H and O–H groups in total. The molecule has 0 saturated carbocycles. The lowest BCUT2D eigenvalue weighted by molar-refractivity contribution is -0.134. The number of rotatable bonds is 60. The number of nitrogens with two attached hydrogens (primary N) is 8. The smallest absolute Gasteiger partial charge is 0.243 e. The average Bonchev–Trinajstić information content (AvgIpc) is 0.880. The molecule has 4 unspecified atom stereocenters. The van der Waals surface area contributed by atoms with Crippen LogP contribution in [-0.2, 0) is 67.1 Å². The third-order valence-corrected chi connectivity index (χ3v) is 15.5. The third-order valence-electron chi connectivity index (χ3n) is 15.5. The molecule has 8 atom stereocenters. The van der Waals surface area contributed by atoms with E-state index in [0.717, 1.165) is 0 Å². The summed E-state index contributed by atoms with van der Waals surface area (Å²) in [5.74, 6) is -14.2. The van der Waals surface area contributed by atoms with E-state index in [9.17, 15) is 62.3 Å². The van der Waals surface area contributed by atoms with Crippen LogP contribution in [0.2, 0.25) is 0 Å². The Morgan fingerprint density at radius 2 is 0.442 bits per heavy atom. The van der Waals surface area contributed by atoms with Crippen molar-refractivity contribution in [3.05, 3.63) is 0 Å². The summed E-state index contributed by atoms with van der Waals surface area (Å²) in [6.45, 7) is 1.08. The number of guanidine groups is 8. The van der Waals surface area contributed by atoms with Crippen molar-refractivity contribution >= 4 is 124 Å². The minimum Gasteiger partial charge on any atom is -0.380 e. The van der Waals surface area contributed by atoms with Gasteiger partial charge in [0.2, 0.25) is 76.8 Å². The van der Waals surface area contributed by atoms with Crippen LogP contribution in [0.1, 0.15) is 117 Å². The van der Waals surface area contributed by atoms with Crippen LogP contribution in [0.15, 0.2) is 0 Å². The fourth-order valence-electron chi connectivity index (χ4n) is 10.1. The Hall–Kier alpha value is -12.8. The van der Waals surface area contributed by atoms with E-state index in [4.69, 9.17) is 93.9 Å². The van der Waals surface area contributed by atoms with E-state index >= 15 is 0 Å². The van der Waals surface area contributed by atoms with E-state index in [1.165, 1.54) is 6.92 Å². The van der Waals surface area contributed by atoms with E-state index in [1.54, 1.807) is 6.92 Å². The van der Waals surface area contributed by atoms with Crippen LogP contribution in [0.3, 0.4) is 0 Å². The van der Waals surface area contributed by atoms with Gasteiger partial charge in [0.15, 0.2) is 47.7 Å². The van der Waals surface area contributed by atoms with Gasteiger partial charge >= 0.3 is 0 Å². The van der Waals surface area contributed by atoms with Crippen LogP contribution in [-0.4, -0.2) is 271 Å². The number of ether oxygens (including phenoxy) is 1. The van der Waals surface area contributed by atoms with Gasteiger partial charge in [-0.3, -0.25) is 106 Å². The first kappa shape index (κ1) is 100. The van der Waals surface area contributed by atoms with Crippen LogP contribution < -0.4 is 158 Å². The van der Waals surface area contributed by atoms with E-state index in [-0.39, 0.29) is 192 Å². The molecule has 0 bridgehead atoms. The predicted octanol–water partition coefficient (Wildman–Crippen LogP) is -13.4. The fourth-order valence-corrected chi connectivity index (χ4v) is 10.1. The monoisotopic (exact) mass is 1610 g/mol. The molecule has 0 fully saturated rings. The van der Waals surface area contributed by atoms with Crippen LogP contribution in [0.4, 0.5) is 0 Å². The minimum atomic E-state index is -1.53. The molecule has 0 saturated heterocycles. The van der Waals surface area contributed by atoms with E-state index in [0.29, 0.717) is 6.61 Å². The fraction of sp³-hybridized carbons (Fsp3) is 0.661. The molecule has 0 aromatic heterocycles. The van der Waals surface area contributed by atoms with Crippen molar-refractivity contribution in [1.82, 2.24) is 112 Å². The Morgan fingerprint density at radius 3 is 0.655 bits per heavy atom. The molecule has 0 aliphatic heterocycles. The molecule has 13 amide bonds. The van der Waals surface area contributed by atoms with Gasteiger partial charge in [0.1, 0.15) is 48.3 Å². The molecule has 113 heavy (non-hydrogen) atoms. The molecule has 0 radical (unpaired) electrons. The largest absolute Gasteiger partial charge is 0.380 e. The second-order valence-corrected chi connectivity index (χ2v) is 25.1. The van der Waals surface area contributed by atoms with Gasteiger partial charge in [0.25, 0.3) is 0 Å². The Labute approximate surface area is 653 Å². The number of carbonyl (C=O) groups is 13. The van der Waals surface area contributed by atoms with Gasteiger partial charge in [0.05, 0.1) is 32.8 Å². The number of hydrogen-bond acceptors (Lipinski definition) is 22. The highest BCUT2D eigenvalue weighted by molar-refractivity contribution is 5.98.